The number of rotatable bonds is 5. The number of carbonyl (C=O) groups excluding carboxylic acids is 2. The zero-order valence-corrected chi connectivity index (χ0v) is 11.8. The van der Waals surface area contributed by atoms with Crippen LogP contribution >= 0.6 is 0 Å². The second kappa shape index (κ2) is 6.51. The molecule has 0 fully saturated rings. The summed E-state index contributed by atoms with van der Waals surface area (Å²) in [6, 6.07) is 8.09. The molecule has 3 N–H and O–H groups in total. The molecular weight excluding hydrogens is 313 g/mol. The van der Waals surface area contributed by atoms with Crippen molar-refractivity contribution < 1.29 is 22.8 Å². The van der Waals surface area contributed by atoms with Gasteiger partial charge in [0.05, 0.1) is 11.3 Å². The number of nitrogens with two attached hydrogens (primary N) is 1. The first kappa shape index (κ1) is 16.5. The first-order valence-electron chi connectivity index (χ1n) is 6.58. The van der Waals surface area contributed by atoms with E-state index in [1.54, 1.807) is 30.3 Å². The molecule has 1 aromatic heterocycles. The number of benzene rings is 1. The fourth-order valence-electron chi connectivity index (χ4n) is 1.86. The van der Waals surface area contributed by atoms with Crippen molar-refractivity contribution in [2.75, 3.05) is 6.54 Å². The van der Waals surface area contributed by atoms with Crippen molar-refractivity contribution in [2.24, 2.45) is 5.73 Å². The molecule has 0 aliphatic carbocycles. The number of para-hydroxylation sites is 1. The summed E-state index contributed by atoms with van der Waals surface area (Å²) in [7, 11) is 0. The first-order valence-corrected chi connectivity index (χ1v) is 6.58. The van der Waals surface area contributed by atoms with E-state index in [1.165, 1.54) is 0 Å². The van der Waals surface area contributed by atoms with Gasteiger partial charge in [0.25, 0.3) is 5.91 Å². The lowest BCUT2D eigenvalue weighted by molar-refractivity contribution is -0.141. The molecule has 2 rings (SSSR count). The smallest absolute Gasteiger partial charge is 0.370 e. The minimum Gasteiger partial charge on any atom is -0.370 e. The lowest BCUT2D eigenvalue weighted by atomic mass is 10.2. The molecule has 23 heavy (non-hydrogen) atoms. The number of halogens is 3. The SMILES string of the molecule is NC(=O)CCNC(=O)c1cn(-c2ccccc2)nc1C(F)(F)F. The van der Waals surface area contributed by atoms with E-state index in [9.17, 15) is 22.8 Å². The fourth-order valence-corrected chi connectivity index (χ4v) is 1.86. The Morgan fingerprint density at radius 2 is 1.87 bits per heavy atom. The monoisotopic (exact) mass is 326 g/mol. The van der Waals surface area contributed by atoms with Crippen molar-refractivity contribution >= 4 is 11.8 Å². The Balaban J connectivity index is 2.32. The molecule has 9 heteroatoms. The van der Waals surface area contributed by atoms with Crippen molar-refractivity contribution in [3.05, 3.63) is 47.8 Å². The van der Waals surface area contributed by atoms with Gasteiger partial charge in [-0.2, -0.15) is 18.3 Å². The normalized spacial score (nSPS) is 11.3. The maximum Gasteiger partial charge on any atom is 0.435 e. The highest BCUT2D eigenvalue weighted by Crippen LogP contribution is 2.31. The molecule has 2 amide bonds. The van der Waals surface area contributed by atoms with E-state index in [2.05, 4.69) is 10.4 Å². The number of hydrogen-bond acceptors (Lipinski definition) is 3. The molecule has 0 unspecified atom stereocenters. The molecule has 0 bridgehead atoms. The zero-order valence-electron chi connectivity index (χ0n) is 11.8. The van der Waals surface area contributed by atoms with E-state index in [4.69, 9.17) is 5.73 Å². The quantitative estimate of drug-likeness (QED) is 0.872. The van der Waals surface area contributed by atoms with Gasteiger partial charge in [0.1, 0.15) is 0 Å². The van der Waals surface area contributed by atoms with Crippen LogP contribution in [0.25, 0.3) is 5.69 Å². The van der Waals surface area contributed by atoms with E-state index >= 15 is 0 Å². The molecule has 122 valence electrons. The third-order valence-electron chi connectivity index (χ3n) is 2.91. The van der Waals surface area contributed by atoms with Crippen LogP contribution in [-0.2, 0) is 11.0 Å². The summed E-state index contributed by atoms with van der Waals surface area (Å²) in [5.74, 6) is -1.64. The molecule has 2 aromatic rings. The van der Waals surface area contributed by atoms with E-state index < -0.39 is 29.2 Å². The van der Waals surface area contributed by atoms with Crippen LogP contribution in [0.2, 0.25) is 0 Å². The Morgan fingerprint density at radius 1 is 1.22 bits per heavy atom. The first-order chi connectivity index (χ1) is 10.8. The predicted octanol–water partition coefficient (Wildman–Crippen LogP) is 1.50. The van der Waals surface area contributed by atoms with Crippen LogP contribution in [0, 0.1) is 0 Å². The van der Waals surface area contributed by atoms with Crippen LogP contribution in [0.4, 0.5) is 13.2 Å². The summed E-state index contributed by atoms with van der Waals surface area (Å²) >= 11 is 0. The molecule has 0 spiro atoms. The van der Waals surface area contributed by atoms with Gasteiger partial charge in [0.15, 0.2) is 5.69 Å². The van der Waals surface area contributed by atoms with Gasteiger partial charge < -0.3 is 11.1 Å². The summed E-state index contributed by atoms with van der Waals surface area (Å²) < 4.78 is 40.2. The number of primary amides is 1. The third-order valence-corrected chi connectivity index (χ3v) is 2.91. The highest BCUT2D eigenvalue weighted by Gasteiger charge is 2.39. The van der Waals surface area contributed by atoms with Crippen LogP contribution in [0.5, 0.6) is 0 Å². The molecule has 6 nitrogen and oxygen atoms in total. The maximum absolute atomic E-state index is 13.1. The summed E-state index contributed by atoms with van der Waals surface area (Å²) in [5, 5.41) is 5.67. The van der Waals surface area contributed by atoms with Gasteiger partial charge in [-0.15, -0.1) is 0 Å². The molecule has 0 radical (unpaired) electrons. The average Bonchev–Trinajstić information content (AvgIpc) is 2.93. The van der Waals surface area contributed by atoms with E-state index in [0.717, 1.165) is 10.9 Å². The minimum absolute atomic E-state index is 0.151. The third kappa shape index (κ3) is 4.09. The minimum atomic E-state index is -4.78. The second-order valence-electron chi connectivity index (χ2n) is 4.64. The Kier molecular flexibility index (Phi) is 4.68. The Hall–Kier alpha value is -2.84. The van der Waals surface area contributed by atoms with E-state index in [-0.39, 0.29) is 13.0 Å². The number of amides is 2. The average molecular weight is 326 g/mol. The van der Waals surface area contributed by atoms with Gasteiger partial charge in [-0.05, 0) is 12.1 Å². The topological polar surface area (TPSA) is 90.0 Å². The second-order valence-corrected chi connectivity index (χ2v) is 4.64. The van der Waals surface area contributed by atoms with Crippen LogP contribution in [0.1, 0.15) is 22.5 Å². The molecular formula is C14H13F3N4O2. The van der Waals surface area contributed by atoms with Gasteiger partial charge in [-0.3, -0.25) is 9.59 Å². The summed E-state index contributed by atoms with van der Waals surface area (Å²) in [4.78, 5) is 22.5. The van der Waals surface area contributed by atoms with Crippen molar-refractivity contribution in [1.82, 2.24) is 15.1 Å². The molecule has 1 aromatic carbocycles. The molecule has 0 saturated heterocycles. The molecule has 1 heterocycles. The Morgan fingerprint density at radius 3 is 2.43 bits per heavy atom. The van der Waals surface area contributed by atoms with Gasteiger partial charge >= 0.3 is 6.18 Å². The zero-order chi connectivity index (χ0) is 17.0. The Labute approximate surface area is 129 Å². The standard InChI is InChI=1S/C14H13F3N4O2/c15-14(16,17)12-10(13(23)19-7-6-11(18)22)8-21(20-12)9-4-2-1-3-5-9/h1-5,8H,6-7H2,(H2,18,22)(H,19,23). The number of nitrogens with one attached hydrogen (secondary N) is 1. The summed E-state index contributed by atoms with van der Waals surface area (Å²) in [5.41, 5.74) is 3.38. The Bertz CT molecular complexity index is 711. The predicted molar refractivity (Wildman–Crippen MR) is 74.7 cm³/mol. The van der Waals surface area contributed by atoms with Crippen LogP contribution in [0.15, 0.2) is 36.5 Å². The number of nitrogens with zero attached hydrogens (tertiary/aromatic N) is 2. The molecule has 0 aliphatic heterocycles. The van der Waals surface area contributed by atoms with Crippen molar-refractivity contribution in [1.29, 1.82) is 0 Å². The summed E-state index contributed by atoms with van der Waals surface area (Å²) in [6.07, 6.45) is -3.95. The van der Waals surface area contributed by atoms with Gasteiger partial charge in [-0.25, -0.2) is 4.68 Å². The van der Waals surface area contributed by atoms with Gasteiger partial charge in [-0.1, -0.05) is 18.2 Å². The van der Waals surface area contributed by atoms with Gasteiger partial charge in [0, 0.05) is 19.2 Å². The molecule has 0 aliphatic rings. The number of aromatic nitrogens is 2. The number of hydrogen-bond donors (Lipinski definition) is 2. The van der Waals surface area contributed by atoms with Crippen molar-refractivity contribution in [3.63, 3.8) is 0 Å². The lowest BCUT2D eigenvalue weighted by Crippen LogP contribution is -2.29. The van der Waals surface area contributed by atoms with Crippen molar-refractivity contribution in [2.45, 2.75) is 12.6 Å². The molecule has 0 atom stereocenters. The van der Waals surface area contributed by atoms with E-state index in [0.29, 0.717) is 5.69 Å². The molecule has 0 saturated carbocycles. The van der Waals surface area contributed by atoms with E-state index in [1.807, 2.05) is 0 Å². The van der Waals surface area contributed by atoms with Gasteiger partial charge in [0.2, 0.25) is 5.91 Å². The number of carbonyl (C=O) groups is 2. The lowest BCUT2D eigenvalue weighted by Gasteiger charge is -2.06. The fraction of sp³-hybridized carbons (Fsp3) is 0.214. The van der Waals surface area contributed by atoms with Crippen molar-refractivity contribution in [3.8, 4) is 5.69 Å². The highest BCUT2D eigenvalue weighted by atomic mass is 19.4. The highest BCUT2D eigenvalue weighted by molar-refractivity contribution is 5.95. The number of alkyl halides is 3. The van der Waals surface area contributed by atoms with Crippen LogP contribution < -0.4 is 11.1 Å². The van der Waals surface area contributed by atoms with Crippen LogP contribution in [0.3, 0.4) is 0 Å². The maximum atomic E-state index is 13.1. The largest absolute Gasteiger partial charge is 0.435 e. The summed E-state index contributed by atoms with van der Waals surface area (Å²) in [6.45, 7) is -0.151. The van der Waals surface area contributed by atoms with Crippen LogP contribution in [-0.4, -0.2) is 28.1 Å².